The first-order chi connectivity index (χ1) is 8.24. The average molecular weight is 232 g/mol. The number of rotatable bonds is 5. The van der Waals surface area contributed by atoms with E-state index in [9.17, 15) is 0 Å². The molecule has 1 aliphatic heterocycles. The van der Waals surface area contributed by atoms with E-state index in [1.165, 1.54) is 43.6 Å². The van der Waals surface area contributed by atoms with Crippen molar-refractivity contribution in [2.45, 2.75) is 39.3 Å². The van der Waals surface area contributed by atoms with Crippen molar-refractivity contribution in [3.8, 4) is 0 Å². The Morgan fingerprint density at radius 1 is 1.18 bits per heavy atom. The van der Waals surface area contributed by atoms with Crippen LogP contribution in [0.3, 0.4) is 0 Å². The maximum absolute atomic E-state index is 3.60. The van der Waals surface area contributed by atoms with Crippen molar-refractivity contribution in [3.05, 3.63) is 35.4 Å². The van der Waals surface area contributed by atoms with E-state index < -0.39 is 0 Å². The molecule has 0 radical (unpaired) electrons. The second-order valence-corrected chi connectivity index (χ2v) is 5.28. The number of nitrogens with zero attached hydrogens (tertiary/aromatic N) is 1. The topological polar surface area (TPSA) is 15.3 Å². The molecule has 1 N–H and O–H groups in total. The highest BCUT2D eigenvalue weighted by molar-refractivity contribution is 5.21. The summed E-state index contributed by atoms with van der Waals surface area (Å²) in [5.74, 6) is 0. The summed E-state index contributed by atoms with van der Waals surface area (Å²) in [5.41, 5.74) is 2.71. The number of nitrogens with one attached hydrogen (secondary N) is 1. The summed E-state index contributed by atoms with van der Waals surface area (Å²) in [4.78, 5) is 2.56. The van der Waals surface area contributed by atoms with Gasteiger partial charge in [0.05, 0.1) is 0 Å². The lowest BCUT2D eigenvalue weighted by Gasteiger charge is -2.21. The minimum absolute atomic E-state index is 0.578. The molecule has 1 aliphatic rings. The zero-order valence-corrected chi connectivity index (χ0v) is 11.1. The van der Waals surface area contributed by atoms with Gasteiger partial charge in [0, 0.05) is 19.1 Å². The van der Waals surface area contributed by atoms with E-state index in [0.29, 0.717) is 6.04 Å². The quantitative estimate of drug-likeness (QED) is 0.839. The molecule has 1 aromatic rings. The third kappa shape index (κ3) is 4.14. The molecular weight excluding hydrogens is 208 g/mol. The summed E-state index contributed by atoms with van der Waals surface area (Å²) < 4.78 is 0. The van der Waals surface area contributed by atoms with Crippen LogP contribution in [0.4, 0.5) is 0 Å². The summed E-state index contributed by atoms with van der Waals surface area (Å²) in [7, 11) is 0. The van der Waals surface area contributed by atoms with E-state index in [1.54, 1.807) is 0 Å². The fraction of sp³-hybridized carbons (Fsp3) is 0.600. The van der Waals surface area contributed by atoms with Crippen molar-refractivity contribution in [1.82, 2.24) is 10.2 Å². The Hall–Kier alpha value is -0.860. The summed E-state index contributed by atoms with van der Waals surface area (Å²) >= 11 is 0. The Kier molecular flexibility index (Phi) is 4.57. The van der Waals surface area contributed by atoms with Gasteiger partial charge in [-0.1, -0.05) is 29.8 Å². The van der Waals surface area contributed by atoms with Crippen molar-refractivity contribution in [2.75, 3.05) is 19.6 Å². The second-order valence-electron chi connectivity index (χ2n) is 5.28. The van der Waals surface area contributed by atoms with Crippen LogP contribution in [-0.2, 0) is 6.54 Å². The molecule has 1 unspecified atom stereocenters. The number of hydrogen-bond acceptors (Lipinski definition) is 2. The molecule has 0 aliphatic carbocycles. The highest BCUT2D eigenvalue weighted by atomic mass is 15.2. The first-order valence-electron chi connectivity index (χ1n) is 6.75. The fourth-order valence-electron chi connectivity index (χ4n) is 2.42. The predicted octanol–water partition coefficient (Wildman–Crippen LogP) is 2.57. The highest BCUT2D eigenvalue weighted by Gasteiger charge is 2.13. The molecule has 1 saturated heterocycles. The van der Waals surface area contributed by atoms with Gasteiger partial charge >= 0.3 is 0 Å². The van der Waals surface area contributed by atoms with Crippen LogP contribution in [-0.4, -0.2) is 30.6 Å². The molecular formula is C15H24N2. The third-order valence-corrected chi connectivity index (χ3v) is 3.51. The van der Waals surface area contributed by atoms with Crippen LogP contribution in [0.5, 0.6) is 0 Å². The van der Waals surface area contributed by atoms with E-state index in [-0.39, 0.29) is 0 Å². The molecule has 0 amide bonds. The van der Waals surface area contributed by atoms with Crippen molar-refractivity contribution in [1.29, 1.82) is 0 Å². The summed E-state index contributed by atoms with van der Waals surface area (Å²) in [5, 5.41) is 3.60. The molecule has 2 nitrogen and oxygen atoms in total. The van der Waals surface area contributed by atoms with Crippen LogP contribution < -0.4 is 5.32 Å². The van der Waals surface area contributed by atoms with Gasteiger partial charge < -0.3 is 10.2 Å². The lowest BCUT2D eigenvalue weighted by atomic mass is 10.1. The van der Waals surface area contributed by atoms with Gasteiger partial charge in [0.2, 0.25) is 0 Å². The van der Waals surface area contributed by atoms with Gasteiger partial charge in [0.15, 0.2) is 0 Å². The van der Waals surface area contributed by atoms with Crippen LogP contribution in [0.2, 0.25) is 0 Å². The number of aryl methyl sites for hydroxylation is 1. The Morgan fingerprint density at radius 3 is 2.47 bits per heavy atom. The second kappa shape index (κ2) is 6.18. The number of likely N-dealkylation sites (tertiary alicyclic amines) is 1. The molecule has 0 aromatic heterocycles. The van der Waals surface area contributed by atoms with Crippen LogP contribution >= 0.6 is 0 Å². The molecule has 2 rings (SSSR count). The molecule has 17 heavy (non-hydrogen) atoms. The maximum atomic E-state index is 3.60. The minimum Gasteiger partial charge on any atom is -0.309 e. The smallest absolute Gasteiger partial charge is 0.0208 e. The molecule has 0 saturated carbocycles. The fourth-order valence-corrected chi connectivity index (χ4v) is 2.42. The van der Waals surface area contributed by atoms with E-state index in [4.69, 9.17) is 0 Å². The van der Waals surface area contributed by atoms with Gasteiger partial charge in [-0.15, -0.1) is 0 Å². The molecule has 94 valence electrons. The molecule has 2 heteroatoms. The van der Waals surface area contributed by atoms with Gasteiger partial charge in [0.1, 0.15) is 0 Å². The largest absolute Gasteiger partial charge is 0.309 e. The van der Waals surface area contributed by atoms with Gasteiger partial charge in [-0.3, -0.25) is 0 Å². The van der Waals surface area contributed by atoms with Crippen molar-refractivity contribution in [2.24, 2.45) is 0 Å². The molecule has 1 heterocycles. The molecule has 1 atom stereocenters. The minimum atomic E-state index is 0.578. The van der Waals surface area contributed by atoms with Crippen molar-refractivity contribution < 1.29 is 0 Å². The lowest BCUT2D eigenvalue weighted by molar-refractivity contribution is 0.298. The third-order valence-electron chi connectivity index (χ3n) is 3.51. The Labute approximate surface area is 105 Å². The van der Waals surface area contributed by atoms with Crippen molar-refractivity contribution >= 4 is 0 Å². The van der Waals surface area contributed by atoms with Crippen LogP contribution in [0.15, 0.2) is 24.3 Å². The monoisotopic (exact) mass is 232 g/mol. The zero-order valence-electron chi connectivity index (χ0n) is 11.1. The number of hydrogen-bond donors (Lipinski definition) is 1. The average Bonchev–Trinajstić information content (AvgIpc) is 2.81. The van der Waals surface area contributed by atoms with Crippen molar-refractivity contribution in [3.63, 3.8) is 0 Å². The summed E-state index contributed by atoms with van der Waals surface area (Å²) in [6, 6.07) is 9.37. The van der Waals surface area contributed by atoms with Crippen LogP contribution in [0.25, 0.3) is 0 Å². The van der Waals surface area contributed by atoms with E-state index >= 15 is 0 Å². The van der Waals surface area contributed by atoms with E-state index in [0.717, 1.165) is 6.54 Å². The van der Waals surface area contributed by atoms with E-state index in [1.807, 2.05) is 0 Å². The van der Waals surface area contributed by atoms with Gasteiger partial charge in [-0.2, -0.15) is 0 Å². The maximum Gasteiger partial charge on any atom is 0.0208 e. The molecule has 1 fully saturated rings. The molecule has 1 aromatic carbocycles. The predicted molar refractivity (Wildman–Crippen MR) is 73.2 cm³/mol. The van der Waals surface area contributed by atoms with Gasteiger partial charge in [0.25, 0.3) is 0 Å². The standard InChI is InChI=1S/C15H24N2/c1-13-5-7-15(8-6-13)11-16-14(2)12-17-9-3-4-10-17/h5-8,14,16H,3-4,9-12H2,1-2H3. The van der Waals surface area contributed by atoms with Crippen LogP contribution in [0, 0.1) is 6.92 Å². The molecule has 0 spiro atoms. The Morgan fingerprint density at radius 2 is 1.82 bits per heavy atom. The Balaban J connectivity index is 1.71. The first kappa shape index (κ1) is 12.6. The SMILES string of the molecule is Cc1ccc(CNC(C)CN2CCCC2)cc1. The van der Waals surface area contributed by atoms with Gasteiger partial charge in [-0.25, -0.2) is 0 Å². The zero-order chi connectivity index (χ0) is 12.1. The lowest BCUT2D eigenvalue weighted by Crippen LogP contribution is -2.37. The molecule has 0 bridgehead atoms. The Bertz CT molecular complexity index is 325. The van der Waals surface area contributed by atoms with Gasteiger partial charge in [-0.05, 0) is 45.3 Å². The summed E-state index contributed by atoms with van der Waals surface area (Å²) in [6.07, 6.45) is 2.76. The number of benzene rings is 1. The summed E-state index contributed by atoms with van der Waals surface area (Å²) in [6.45, 7) is 9.16. The van der Waals surface area contributed by atoms with E-state index in [2.05, 4.69) is 48.3 Å². The highest BCUT2D eigenvalue weighted by Crippen LogP contribution is 2.08. The first-order valence-corrected chi connectivity index (χ1v) is 6.75. The normalized spacial score (nSPS) is 18.5. The van der Waals surface area contributed by atoms with Crippen LogP contribution in [0.1, 0.15) is 30.9 Å².